The molecular weight excluding hydrogens is 656 g/mol. The van der Waals surface area contributed by atoms with Crippen LogP contribution in [0.2, 0.25) is 0 Å². The molecule has 0 aliphatic carbocycles. The van der Waals surface area contributed by atoms with Gasteiger partial charge in [-0.3, -0.25) is 14.2 Å². The van der Waals surface area contributed by atoms with E-state index in [0.29, 0.717) is 45.9 Å². The minimum Gasteiger partial charge on any atom is -0.497 e. The van der Waals surface area contributed by atoms with E-state index in [1.54, 1.807) is 59.4 Å². The Hall–Kier alpha value is -5.21. The largest absolute Gasteiger partial charge is 0.497 e. The normalized spacial score (nSPS) is 14.0. The van der Waals surface area contributed by atoms with Crippen LogP contribution < -0.4 is 19.5 Å². The number of aromatic nitrogens is 3. The average Bonchev–Trinajstić information content (AvgIpc) is 3.90. The molecule has 6 rings (SSSR count). The molecule has 3 heterocycles. The maximum absolute atomic E-state index is 13.8. The molecule has 0 saturated carbocycles. The SMILES string of the molecule is COc1cc(OC)cc(C(=O)NCc2nnc(SCC(=O)N3N=C(c4cccs4)CC3c3ccc(F)cc3)n2-c2ccccc2OC)c1. The molecule has 0 spiro atoms. The van der Waals surface area contributed by atoms with E-state index in [0.717, 1.165) is 16.2 Å². The van der Waals surface area contributed by atoms with E-state index in [1.165, 1.54) is 43.1 Å². The van der Waals surface area contributed by atoms with Crippen LogP contribution in [0.4, 0.5) is 4.39 Å². The quantitative estimate of drug-likeness (QED) is 0.161. The number of amides is 2. The van der Waals surface area contributed by atoms with Gasteiger partial charge in [-0.1, -0.05) is 42.1 Å². The molecule has 2 aromatic heterocycles. The second kappa shape index (κ2) is 14.7. The van der Waals surface area contributed by atoms with Gasteiger partial charge in [0.25, 0.3) is 11.8 Å². The minimum atomic E-state index is -0.385. The van der Waals surface area contributed by atoms with E-state index in [4.69, 9.17) is 19.3 Å². The zero-order valence-corrected chi connectivity index (χ0v) is 27.9. The zero-order chi connectivity index (χ0) is 33.6. The number of carbonyl (C=O) groups excluding carboxylic acids is 2. The van der Waals surface area contributed by atoms with Gasteiger partial charge in [0, 0.05) is 18.1 Å². The fourth-order valence-electron chi connectivity index (χ4n) is 5.23. The summed E-state index contributed by atoms with van der Waals surface area (Å²) in [6.07, 6.45) is 0.503. The predicted molar refractivity (Wildman–Crippen MR) is 181 cm³/mol. The first-order valence-electron chi connectivity index (χ1n) is 14.8. The summed E-state index contributed by atoms with van der Waals surface area (Å²) in [7, 11) is 4.58. The Balaban J connectivity index is 1.25. The topological polar surface area (TPSA) is 120 Å². The highest BCUT2D eigenvalue weighted by Crippen LogP contribution is 2.35. The van der Waals surface area contributed by atoms with E-state index in [2.05, 4.69) is 15.5 Å². The fraction of sp³-hybridized carbons (Fsp3) is 0.206. The lowest BCUT2D eigenvalue weighted by Gasteiger charge is -2.22. The Bertz CT molecular complexity index is 1930. The molecular formula is C34H31FN6O5S2. The Morgan fingerprint density at radius 3 is 2.40 bits per heavy atom. The van der Waals surface area contributed by atoms with Gasteiger partial charge in [-0.2, -0.15) is 5.10 Å². The van der Waals surface area contributed by atoms with Crippen molar-refractivity contribution in [2.24, 2.45) is 5.10 Å². The van der Waals surface area contributed by atoms with Gasteiger partial charge in [0.1, 0.15) is 23.1 Å². The Labute approximate surface area is 284 Å². The van der Waals surface area contributed by atoms with Crippen LogP contribution >= 0.6 is 23.1 Å². The highest BCUT2D eigenvalue weighted by atomic mass is 32.2. The van der Waals surface area contributed by atoms with Gasteiger partial charge in [0.2, 0.25) is 0 Å². The van der Waals surface area contributed by atoms with Gasteiger partial charge in [0.05, 0.1) is 55.9 Å². The number of rotatable bonds is 12. The van der Waals surface area contributed by atoms with Crippen LogP contribution in [0.25, 0.3) is 5.69 Å². The molecule has 1 unspecified atom stereocenters. The number of nitrogens with zero attached hydrogens (tertiary/aromatic N) is 5. The van der Waals surface area contributed by atoms with Crippen molar-refractivity contribution in [3.63, 3.8) is 0 Å². The number of thiophene rings is 1. The number of carbonyl (C=O) groups is 2. The molecule has 5 aromatic rings. The van der Waals surface area contributed by atoms with Crippen molar-refractivity contribution in [1.82, 2.24) is 25.1 Å². The first-order chi connectivity index (χ1) is 23.4. The lowest BCUT2D eigenvalue weighted by Crippen LogP contribution is -2.28. The number of methoxy groups -OCH3 is 3. The monoisotopic (exact) mass is 686 g/mol. The van der Waals surface area contributed by atoms with Gasteiger partial charge in [-0.05, 0) is 53.4 Å². The number of ether oxygens (including phenoxy) is 3. The van der Waals surface area contributed by atoms with Crippen molar-refractivity contribution in [3.8, 4) is 22.9 Å². The zero-order valence-electron chi connectivity index (χ0n) is 26.3. The van der Waals surface area contributed by atoms with E-state index in [-0.39, 0.29) is 36.0 Å². The lowest BCUT2D eigenvalue weighted by molar-refractivity contribution is -0.130. The molecule has 48 heavy (non-hydrogen) atoms. The molecule has 1 atom stereocenters. The maximum atomic E-state index is 13.8. The van der Waals surface area contributed by atoms with Crippen LogP contribution in [0.3, 0.4) is 0 Å². The average molecular weight is 687 g/mol. The molecule has 246 valence electrons. The second-order valence-corrected chi connectivity index (χ2v) is 12.4. The number of thioether (sulfide) groups is 1. The van der Waals surface area contributed by atoms with E-state index < -0.39 is 0 Å². The third-order valence-electron chi connectivity index (χ3n) is 7.60. The summed E-state index contributed by atoms with van der Waals surface area (Å²) in [5.41, 5.74) is 2.56. The van der Waals surface area contributed by atoms with Gasteiger partial charge < -0.3 is 19.5 Å². The molecule has 14 heteroatoms. The van der Waals surface area contributed by atoms with E-state index >= 15 is 0 Å². The Morgan fingerprint density at radius 2 is 1.71 bits per heavy atom. The standard InChI is InChI=1S/C34H31FN6O5S2/c1-44-24-15-22(16-25(17-24)45-2)33(43)36-19-31-37-38-34(40(31)27-7-4-5-8-29(27)46-3)48-20-32(42)41-28(21-10-12-23(35)13-11-21)18-26(39-41)30-9-6-14-47-30/h4-17,28H,18-20H2,1-3H3,(H,36,43). The molecule has 0 bridgehead atoms. The number of hydrazone groups is 1. The Morgan fingerprint density at radius 1 is 0.958 bits per heavy atom. The van der Waals surface area contributed by atoms with Crippen LogP contribution in [0.1, 0.15) is 39.1 Å². The number of para-hydroxylation sites is 2. The van der Waals surface area contributed by atoms with Gasteiger partial charge >= 0.3 is 0 Å². The molecule has 1 N–H and O–H groups in total. The number of benzene rings is 3. The maximum Gasteiger partial charge on any atom is 0.253 e. The fourth-order valence-corrected chi connectivity index (χ4v) is 6.77. The van der Waals surface area contributed by atoms with Crippen LogP contribution in [0.5, 0.6) is 17.2 Å². The van der Waals surface area contributed by atoms with Crippen molar-refractivity contribution in [1.29, 1.82) is 0 Å². The Kier molecular flexibility index (Phi) is 10.0. The second-order valence-electron chi connectivity index (χ2n) is 10.5. The smallest absolute Gasteiger partial charge is 0.253 e. The molecule has 3 aromatic carbocycles. The van der Waals surface area contributed by atoms with Gasteiger partial charge in [-0.15, -0.1) is 21.5 Å². The molecule has 0 fully saturated rings. The van der Waals surface area contributed by atoms with Crippen LogP contribution in [-0.4, -0.2) is 64.4 Å². The van der Waals surface area contributed by atoms with Crippen molar-refractivity contribution in [2.75, 3.05) is 27.1 Å². The number of hydrogen-bond acceptors (Lipinski definition) is 10. The van der Waals surface area contributed by atoms with Crippen molar-refractivity contribution < 1.29 is 28.2 Å². The first kappa shape index (κ1) is 32.7. The van der Waals surface area contributed by atoms with Crippen molar-refractivity contribution in [3.05, 3.63) is 112 Å². The minimum absolute atomic E-state index is 0.0117. The summed E-state index contributed by atoms with van der Waals surface area (Å²) >= 11 is 2.73. The molecule has 1 aliphatic rings. The number of nitrogens with one attached hydrogen (secondary N) is 1. The summed E-state index contributed by atoms with van der Waals surface area (Å²) in [5.74, 6) is 0.942. The summed E-state index contributed by atoms with van der Waals surface area (Å²) in [4.78, 5) is 28.0. The van der Waals surface area contributed by atoms with Crippen LogP contribution in [-0.2, 0) is 11.3 Å². The van der Waals surface area contributed by atoms with Gasteiger partial charge in [-0.25, -0.2) is 9.40 Å². The van der Waals surface area contributed by atoms with Crippen LogP contribution in [0.15, 0.2) is 94.5 Å². The van der Waals surface area contributed by atoms with Crippen molar-refractivity contribution >= 4 is 40.6 Å². The van der Waals surface area contributed by atoms with E-state index in [9.17, 15) is 14.0 Å². The molecule has 0 saturated heterocycles. The molecule has 1 aliphatic heterocycles. The number of halogens is 1. The highest BCUT2D eigenvalue weighted by Gasteiger charge is 2.34. The highest BCUT2D eigenvalue weighted by molar-refractivity contribution is 7.99. The third kappa shape index (κ3) is 7.04. The molecule has 0 radical (unpaired) electrons. The third-order valence-corrected chi connectivity index (χ3v) is 9.43. The predicted octanol–water partition coefficient (Wildman–Crippen LogP) is 5.89. The number of hydrogen-bond donors (Lipinski definition) is 1. The first-order valence-corrected chi connectivity index (χ1v) is 16.7. The van der Waals surface area contributed by atoms with Gasteiger partial charge in [0.15, 0.2) is 11.0 Å². The molecule has 2 amide bonds. The summed E-state index contributed by atoms with van der Waals surface area (Å²) in [5, 5.41) is 20.2. The van der Waals surface area contributed by atoms with E-state index in [1.807, 2.05) is 35.7 Å². The van der Waals surface area contributed by atoms with Crippen molar-refractivity contribution in [2.45, 2.75) is 24.2 Å². The summed E-state index contributed by atoms with van der Waals surface area (Å²) < 4.78 is 31.7. The molecule has 11 nitrogen and oxygen atoms in total. The summed E-state index contributed by atoms with van der Waals surface area (Å²) in [6.45, 7) is 0.0190. The lowest BCUT2D eigenvalue weighted by atomic mass is 10.0. The summed E-state index contributed by atoms with van der Waals surface area (Å²) in [6, 6.07) is 21.9. The van der Waals surface area contributed by atoms with Crippen LogP contribution in [0, 0.1) is 5.82 Å².